The first-order chi connectivity index (χ1) is 9.90. The Balaban J connectivity index is 1.30. The monoisotopic (exact) mass is 280 g/mol. The van der Waals surface area contributed by atoms with Crippen LogP contribution < -0.4 is 0 Å². The number of aromatic nitrogens is 3. The molecule has 0 aliphatic carbocycles. The number of rotatable bonds is 6. The molecular formula is C14H24N4O2. The summed E-state index contributed by atoms with van der Waals surface area (Å²) in [5.74, 6) is 0. The van der Waals surface area contributed by atoms with Crippen molar-refractivity contribution in [2.24, 2.45) is 0 Å². The Morgan fingerprint density at radius 3 is 2.80 bits per heavy atom. The maximum absolute atomic E-state index is 5.99. The molecule has 0 saturated carbocycles. The predicted octanol–water partition coefficient (Wildman–Crippen LogP) is 0.938. The Hall–Kier alpha value is -0.980. The van der Waals surface area contributed by atoms with Crippen LogP contribution in [-0.4, -0.2) is 64.7 Å². The van der Waals surface area contributed by atoms with Gasteiger partial charge in [-0.3, -0.25) is 4.68 Å². The number of piperidine rings is 1. The van der Waals surface area contributed by atoms with Crippen molar-refractivity contribution < 1.29 is 9.47 Å². The molecule has 1 aromatic heterocycles. The normalized spacial score (nSPS) is 25.3. The Morgan fingerprint density at radius 1 is 1.20 bits per heavy atom. The van der Waals surface area contributed by atoms with Gasteiger partial charge < -0.3 is 14.4 Å². The Kier molecular flexibility index (Phi) is 5.00. The fourth-order valence-electron chi connectivity index (χ4n) is 2.91. The fraction of sp³-hybridized carbons (Fsp3) is 0.857. The van der Waals surface area contributed by atoms with E-state index in [0.717, 1.165) is 58.7 Å². The molecule has 20 heavy (non-hydrogen) atoms. The van der Waals surface area contributed by atoms with E-state index < -0.39 is 0 Å². The van der Waals surface area contributed by atoms with Crippen molar-refractivity contribution in [3.8, 4) is 0 Å². The molecule has 2 fully saturated rings. The summed E-state index contributed by atoms with van der Waals surface area (Å²) in [6, 6.07) is 0. The van der Waals surface area contributed by atoms with Crippen LogP contribution >= 0.6 is 0 Å². The molecule has 6 nitrogen and oxygen atoms in total. The lowest BCUT2D eigenvalue weighted by atomic mass is 10.1. The van der Waals surface area contributed by atoms with Crippen molar-refractivity contribution in [3.05, 3.63) is 12.7 Å². The van der Waals surface area contributed by atoms with Crippen LogP contribution in [0.1, 0.15) is 25.7 Å². The van der Waals surface area contributed by atoms with Gasteiger partial charge in [-0.25, -0.2) is 4.98 Å². The van der Waals surface area contributed by atoms with Crippen molar-refractivity contribution in [1.82, 2.24) is 19.7 Å². The molecule has 1 atom stereocenters. The van der Waals surface area contributed by atoms with Gasteiger partial charge in [0.05, 0.1) is 25.4 Å². The van der Waals surface area contributed by atoms with Crippen LogP contribution in [-0.2, 0) is 16.0 Å². The van der Waals surface area contributed by atoms with Crippen LogP contribution in [0.5, 0.6) is 0 Å². The number of nitrogens with zero attached hydrogens (tertiary/aromatic N) is 4. The maximum Gasteiger partial charge on any atom is 0.137 e. The first kappa shape index (κ1) is 14.0. The second kappa shape index (κ2) is 7.15. The van der Waals surface area contributed by atoms with Gasteiger partial charge in [-0.05, 0) is 25.7 Å². The summed E-state index contributed by atoms with van der Waals surface area (Å²) in [5.41, 5.74) is 0. The summed E-state index contributed by atoms with van der Waals surface area (Å²) >= 11 is 0. The highest BCUT2D eigenvalue weighted by Crippen LogP contribution is 2.17. The Morgan fingerprint density at radius 2 is 2.10 bits per heavy atom. The minimum atomic E-state index is 0.348. The van der Waals surface area contributed by atoms with Gasteiger partial charge >= 0.3 is 0 Å². The minimum absolute atomic E-state index is 0.348. The van der Waals surface area contributed by atoms with E-state index in [9.17, 15) is 0 Å². The van der Waals surface area contributed by atoms with Gasteiger partial charge in [0.25, 0.3) is 0 Å². The summed E-state index contributed by atoms with van der Waals surface area (Å²) < 4.78 is 13.5. The van der Waals surface area contributed by atoms with E-state index in [2.05, 4.69) is 15.0 Å². The molecule has 112 valence electrons. The summed E-state index contributed by atoms with van der Waals surface area (Å²) in [7, 11) is 0. The zero-order chi connectivity index (χ0) is 13.6. The van der Waals surface area contributed by atoms with Gasteiger partial charge in [0.2, 0.25) is 0 Å². The largest absolute Gasteiger partial charge is 0.376 e. The van der Waals surface area contributed by atoms with E-state index in [0.29, 0.717) is 12.2 Å². The highest BCUT2D eigenvalue weighted by atomic mass is 16.5. The number of ether oxygens (including phenoxy) is 2. The molecule has 0 amide bonds. The van der Waals surface area contributed by atoms with Crippen LogP contribution in [0.25, 0.3) is 0 Å². The first-order valence-electron chi connectivity index (χ1n) is 7.68. The zero-order valence-electron chi connectivity index (χ0n) is 12.0. The summed E-state index contributed by atoms with van der Waals surface area (Å²) in [4.78, 5) is 6.44. The third-order valence-corrected chi connectivity index (χ3v) is 4.19. The molecule has 3 heterocycles. The smallest absolute Gasteiger partial charge is 0.137 e. The SMILES string of the molecule is c1ncn(CCN2CCC(OC[C@H]3CCCO3)CC2)n1. The average molecular weight is 280 g/mol. The second-order valence-corrected chi connectivity index (χ2v) is 5.67. The van der Waals surface area contributed by atoms with Gasteiger partial charge in [-0.15, -0.1) is 0 Å². The van der Waals surface area contributed by atoms with Crippen molar-refractivity contribution in [2.45, 2.75) is 44.4 Å². The highest BCUT2D eigenvalue weighted by Gasteiger charge is 2.22. The van der Waals surface area contributed by atoms with Gasteiger partial charge in [0.1, 0.15) is 12.7 Å². The van der Waals surface area contributed by atoms with E-state index in [1.54, 1.807) is 12.7 Å². The second-order valence-electron chi connectivity index (χ2n) is 5.67. The zero-order valence-corrected chi connectivity index (χ0v) is 12.0. The van der Waals surface area contributed by atoms with E-state index in [-0.39, 0.29) is 0 Å². The molecule has 2 aliphatic rings. The van der Waals surface area contributed by atoms with Crippen LogP contribution in [0, 0.1) is 0 Å². The molecule has 1 aromatic rings. The molecule has 6 heteroatoms. The molecule has 0 aromatic carbocycles. The maximum atomic E-state index is 5.99. The fourth-order valence-corrected chi connectivity index (χ4v) is 2.91. The average Bonchev–Trinajstić information content (AvgIpc) is 3.17. The van der Waals surface area contributed by atoms with E-state index in [1.165, 1.54) is 6.42 Å². The number of hydrogen-bond acceptors (Lipinski definition) is 5. The third-order valence-electron chi connectivity index (χ3n) is 4.19. The van der Waals surface area contributed by atoms with Crippen molar-refractivity contribution in [3.63, 3.8) is 0 Å². The summed E-state index contributed by atoms with van der Waals surface area (Å²) in [6.07, 6.45) is 8.74. The molecular weight excluding hydrogens is 256 g/mol. The minimum Gasteiger partial charge on any atom is -0.376 e. The number of likely N-dealkylation sites (tertiary alicyclic amines) is 1. The first-order valence-corrected chi connectivity index (χ1v) is 7.68. The van der Waals surface area contributed by atoms with Gasteiger partial charge in [0.15, 0.2) is 0 Å². The van der Waals surface area contributed by atoms with Crippen LogP contribution in [0.3, 0.4) is 0 Å². The molecule has 0 spiro atoms. The van der Waals surface area contributed by atoms with E-state index >= 15 is 0 Å². The molecule has 2 aliphatic heterocycles. The highest BCUT2D eigenvalue weighted by molar-refractivity contribution is 4.74. The van der Waals surface area contributed by atoms with Crippen LogP contribution in [0.2, 0.25) is 0 Å². The van der Waals surface area contributed by atoms with Crippen molar-refractivity contribution in [1.29, 1.82) is 0 Å². The number of hydrogen-bond donors (Lipinski definition) is 0. The lowest BCUT2D eigenvalue weighted by molar-refractivity contribution is -0.0421. The Bertz CT molecular complexity index is 371. The molecule has 0 bridgehead atoms. The standard InChI is InChI=1S/C14H24N4O2/c1-2-14(19-9-1)10-20-13-3-5-17(6-4-13)7-8-18-12-15-11-16-18/h11-14H,1-10H2/t14-/m1/s1. The predicted molar refractivity (Wildman–Crippen MR) is 74.4 cm³/mol. The summed E-state index contributed by atoms with van der Waals surface area (Å²) in [5, 5.41) is 4.13. The van der Waals surface area contributed by atoms with Gasteiger partial charge in [0, 0.05) is 26.2 Å². The van der Waals surface area contributed by atoms with Crippen molar-refractivity contribution >= 4 is 0 Å². The quantitative estimate of drug-likeness (QED) is 0.776. The molecule has 0 unspecified atom stereocenters. The molecule has 2 saturated heterocycles. The molecule has 0 N–H and O–H groups in total. The lowest BCUT2D eigenvalue weighted by Crippen LogP contribution is -2.39. The van der Waals surface area contributed by atoms with Gasteiger partial charge in [-0.2, -0.15) is 5.10 Å². The van der Waals surface area contributed by atoms with Crippen LogP contribution in [0.4, 0.5) is 0 Å². The van der Waals surface area contributed by atoms with Crippen molar-refractivity contribution in [2.75, 3.05) is 32.8 Å². The Labute approximate surface area is 120 Å². The van der Waals surface area contributed by atoms with E-state index in [1.807, 2.05) is 4.68 Å². The topological polar surface area (TPSA) is 52.4 Å². The van der Waals surface area contributed by atoms with Gasteiger partial charge in [-0.1, -0.05) is 0 Å². The van der Waals surface area contributed by atoms with Crippen LogP contribution in [0.15, 0.2) is 12.7 Å². The van der Waals surface area contributed by atoms with E-state index in [4.69, 9.17) is 9.47 Å². The molecule has 3 rings (SSSR count). The summed E-state index contributed by atoms with van der Waals surface area (Å²) in [6.45, 7) is 5.89. The lowest BCUT2D eigenvalue weighted by Gasteiger charge is -2.32. The third kappa shape index (κ3) is 4.01. The molecule has 0 radical (unpaired) electrons.